The number of benzene rings is 1. The molecule has 1 aliphatic rings. The van der Waals surface area contributed by atoms with Gasteiger partial charge in [0.15, 0.2) is 11.5 Å². The molecule has 0 saturated heterocycles. The lowest BCUT2D eigenvalue weighted by atomic mass is 10.3. The molecule has 3 rings (SSSR count). The minimum atomic E-state index is 0.140. The Morgan fingerprint density at radius 1 is 1.27 bits per heavy atom. The molecule has 74 valence electrons. The summed E-state index contributed by atoms with van der Waals surface area (Å²) >= 11 is 0. The lowest BCUT2D eigenvalue weighted by Crippen LogP contribution is -1.99. The van der Waals surface area contributed by atoms with Crippen molar-refractivity contribution in [2.45, 2.75) is 6.54 Å². The van der Waals surface area contributed by atoms with Crippen molar-refractivity contribution in [2.24, 2.45) is 0 Å². The Kier molecular flexibility index (Phi) is 1.53. The normalized spacial score (nSPS) is 13.0. The maximum absolute atomic E-state index is 8.51. The fourth-order valence-corrected chi connectivity index (χ4v) is 1.49. The third kappa shape index (κ3) is 1.17. The molecular formula is C9H6N4O2. The lowest BCUT2D eigenvalue weighted by Gasteiger charge is -1.92. The quantitative estimate of drug-likeness (QED) is 0.680. The number of hydrogen-bond donors (Lipinski definition) is 0. The minimum Gasteiger partial charge on any atom is -0.454 e. The smallest absolute Gasteiger partial charge is 0.231 e. The van der Waals surface area contributed by atoms with E-state index in [4.69, 9.17) is 14.7 Å². The Labute approximate surface area is 84.6 Å². The van der Waals surface area contributed by atoms with Crippen molar-refractivity contribution < 1.29 is 9.47 Å². The van der Waals surface area contributed by atoms with Crippen molar-refractivity contribution in [1.29, 1.82) is 5.26 Å². The number of nitrogens with zero attached hydrogens (tertiary/aromatic N) is 4. The van der Waals surface area contributed by atoms with Crippen molar-refractivity contribution in [3.8, 4) is 17.6 Å². The van der Waals surface area contributed by atoms with Gasteiger partial charge < -0.3 is 9.47 Å². The van der Waals surface area contributed by atoms with E-state index in [9.17, 15) is 0 Å². The molecule has 0 atom stereocenters. The molecule has 0 saturated carbocycles. The van der Waals surface area contributed by atoms with Gasteiger partial charge in [0.25, 0.3) is 0 Å². The van der Waals surface area contributed by atoms with Crippen molar-refractivity contribution >= 4 is 11.0 Å². The molecule has 0 unspecified atom stereocenters. The van der Waals surface area contributed by atoms with Gasteiger partial charge in [0.1, 0.15) is 17.6 Å². The van der Waals surface area contributed by atoms with Crippen LogP contribution in [-0.2, 0) is 6.54 Å². The average molecular weight is 202 g/mol. The molecule has 0 spiro atoms. The number of hydrogen-bond acceptors (Lipinski definition) is 5. The second kappa shape index (κ2) is 2.85. The fraction of sp³-hybridized carbons (Fsp3) is 0.222. The molecule has 1 aliphatic heterocycles. The Bertz CT molecular complexity index is 528. The highest BCUT2D eigenvalue weighted by molar-refractivity contribution is 5.78. The molecule has 0 N–H and O–H groups in total. The van der Waals surface area contributed by atoms with E-state index in [2.05, 4.69) is 10.2 Å². The van der Waals surface area contributed by atoms with Gasteiger partial charge in [0, 0.05) is 12.1 Å². The van der Waals surface area contributed by atoms with Crippen molar-refractivity contribution in [3.05, 3.63) is 12.1 Å². The standard InChI is InChI=1S/C9H6N4O2/c10-1-2-13-11-6-3-8-9(15-5-14-8)4-7(6)12-13/h3-4H,2,5H2. The molecule has 6 heteroatoms. The van der Waals surface area contributed by atoms with Crippen LogP contribution in [0.1, 0.15) is 0 Å². The van der Waals surface area contributed by atoms with Crippen molar-refractivity contribution in [2.75, 3.05) is 6.79 Å². The Morgan fingerprint density at radius 3 is 2.40 bits per heavy atom. The summed E-state index contributed by atoms with van der Waals surface area (Å²) in [5, 5.41) is 16.8. The first kappa shape index (κ1) is 8.05. The zero-order valence-electron chi connectivity index (χ0n) is 7.67. The molecule has 0 amide bonds. The predicted octanol–water partition coefficient (Wildman–Crippen LogP) is 0.684. The molecule has 2 heterocycles. The van der Waals surface area contributed by atoms with Gasteiger partial charge in [-0.25, -0.2) is 0 Å². The van der Waals surface area contributed by atoms with Crippen LogP contribution in [0.25, 0.3) is 11.0 Å². The summed E-state index contributed by atoms with van der Waals surface area (Å²) in [6.45, 7) is 0.376. The van der Waals surface area contributed by atoms with Crippen LogP contribution in [-0.4, -0.2) is 21.8 Å². The molecule has 1 aromatic heterocycles. The van der Waals surface area contributed by atoms with E-state index in [-0.39, 0.29) is 13.3 Å². The lowest BCUT2D eigenvalue weighted by molar-refractivity contribution is 0.174. The summed E-state index contributed by atoms with van der Waals surface area (Å²) in [6, 6.07) is 5.50. The third-order valence-corrected chi connectivity index (χ3v) is 2.13. The zero-order chi connectivity index (χ0) is 10.3. The van der Waals surface area contributed by atoms with E-state index in [1.165, 1.54) is 4.80 Å². The Balaban J connectivity index is 2.17. The predicted molar refractivity (Wildman–Crippen MR) is 49.3 cm³/mol. The third-order valence-electron chi connectivity index (χ3n) is 2.13. The van der Waals surface area contributed by atoms with E-state index in [1.54, 1.807) is 12.1 Å². The Morgan fingerprint density at radius 2 is 1.87 bits per heavy atom. The Hall–Kier alpha value is -2.29. The van der Waals surface area contributed by atoms with Crippen molar-refractivity contribution in [1.82, 2.24) is 15.0 Å². The van der Waals surface area contributed by atoms with Gasteiger partial charge in [-0.1, -0.05) is 0 Å². The summed E-state index contributed by atoms with van der Waals surface area (Å²) in [5.41, 5.74) is 1.41. The molecule has 0 aliphatic carbocycles. The van der Waals surface area contributed by atoms with Gasteiger partial charge in [-0.05, 0) is 0 Å². The summed E-state index contributed by atoms with van der Waals surface area (Å²) in [4.78, 5) is 1.35. The van der Waals surface area contributed by atoms with E-state index >= 15 is 0 Å². The van der Waals surface area contributed by atoms with E-state index in [0.29, 0.717) is 22.5 Å². The monoisotopic (exact) mass is 202 g/mol. The highest BCUT2D eigenvalue weighted by Gasteiger charge is 2.16. The highest BCUT2D eigenvalue weighted by Crippen LogP contribution is 2.34. The van der Waals surface area contributed by atoms with Gasteiger partial charge in [-0.15, -0.1) is 0 Å². The number of ether oxygens (including phenoxy) is 2. The minimum absolute atomic E-state index is 0.140. The zero-order valence-corrected chi connectivity index (χ0v) is 7.67. The highest BCUT2D eigenvalue weighted by atomic mass is 16.7. The second-order valence-corrected chi connectivity index (χ2v) is 3.08. The largest absolute Gasteiger partial charge is 0.454 e. The maximum atomic E-state index is 8.51. The van der Waals surface area contributed by atoms with Gasteiger partial charge in [-0.2, -0.15) is 20.3 Å². The molecule has 6 nitrogen and oxygen atoms in total. The molecule has 0 radical (unpaired) electrons. The van der Waals surface area contributed by atoms with Gasteiger partial charge in [0.2, 0.25) is 6.79 Å². The molecular weight excluding hydrogens is 196 g/mol. The van der Waals surface area contributed by atoms with Crippen LogP contribution in [0.3, 0.4) is 0 Å². The van der Waals surface area contributed by atoms with Crippen LogP contribution in [0.5, 0.6) is 11.5 Å². The van der Waals surface area contributed by atoms with Crippen LogP contribution in [0.2, 0.25) is 0 Å². The molecule has 0 bridgehead atoms. The summed E-state index contributed by atoms with van der Waals surface area (Å²) in [5.74, 6) is 1.35. The fourth-order valence-electron chi connectivity index (χ4n) is 1.49. The van der Waals surface area contributed by atoms with Gasteiger partial charge >= 0.3 is 0 Å². The van der Waals surface area contributed by atoms with Crippen LogP contribution in [0.4, 0.5) is 0 Å². The maximum Gasteiger partial charge on any atom is 0.231 e. The van der Waals surface area contributed by atoms with Crippen molar-refractivity contribution in [3.63, 3.8) is 0 Å². The number of rotatable bonds is 1. The first-order valence-corrected chi connectivity index (χ1v) is 4.38. The summed E-state index contributed by atoms with van der Waals surface area (Å²) in [6.07, 6.45) is 0. The SMILES string of the molecule is N#CCn1nc2cc3c(cc2n1)OCO3. The second-order valence-electron chi connectivity index (χ2n) is 3.08. The van der Waals surface area contributed by atoms with Crippen LogP contribution < -0.4 is 9.47 Å². The first-order valence-electron chi connectivity index (χ1n) is 4.38. The molecule has 0 fully saturated rings. The summed E-state index contributed by atoms with van der Waals surface area (Å²) < 4.78 is 10.4. The van der Waals surface area contributed by atoms with E-state index < -0.39 is 0 Å². The van der Waals surface area contributed by atoms with Gasteiger partial charge in [0.05, 0.1) is 6.07 Å². The van der Waals surface area contributed by atoms with Crippen LogP contribution in [0.15, 0.2) is 12.1 Å². The molecule has 1 aromatic carbocycles. The van der Waals surface area contributed by atoms with Crippen LogP contribution in [0, 0.1) is 11.3 Å². The number of nitriles is 1. The number of fused-ring (bicyclic) bond motifs is 2. The summed E-state index contributed by atoms with van der Waals surface area (Å²) in [7, 11) is 0. The van der Waals surface area contributed by atoms with E-state index in [0.717, 1.165) is 0 Å². The first-order chi connectivity index (χ1) is 7.36. The van der Waals surface area contributed by atoms with Crippen LogP contribution >= 0.6 is 0 Å². The van der Waals surface area contributed by atoms with E-state index in [1.807, 2.05) is 6.07 Å². The molecule has 2 aromatic rings. The number of aromatic nitrogens is 3. The van der Waals surface area contributed by atoms with Gasteiger partial charge in [-0.3, -0.25) is 0 Å². The topological polar surface area (TPSA) is 73.0 Å². The average Bonchev–Trinajstić information content (AvgIpc) is 2.78. The molecule has 15 heavy (non-hydrogen) atoms.